The summed E-state index contributed by atoms with van der Waals surface area (Å²) in [6, 6.07) is 1.99. The molecule has 0 atom stereocenters. The summed E-state index contributed by atoms with van der Waals surface area (Å²) < 4.78 is 10.6. The molecule has 0 unspecified atom stereocenters. The van der Waals surface area contributed by atoms with E-state index in [9.17, 15) is 0 Å². The van der Waals surface area contributed by atoms with E-state index in [4.69, 9.17) is 20.8 Å². The molecule has 1 aromatic heterocycles. The first-order valence-corrected chi connectivity index (χ1v) is 6.28. The summed E-state index contributed by atoms with van der Waals surface area (Å²) in [6.45, 7) is 3.46. The van der Waals surface area contributed by atoms with Gasteiger partial charge in [-0.3, -0.25) is 0 Å². The molecule has 2 nitrogen and oxygen atoms in total. The van der Waals surface area contributed by atoms with Crippen LogP contribution in [0.1, 0.15) is 11.3 Å². The van der Waals surface area contributed by atoms with Gasteiger partial charge in [-0.1, -0.05) is 0 Å². The van der Waals surface area contributed by atoms with Crippen LogP contribution in [0.25, 0.3) is 0 Å². The molecule has 0 spiro atoms. The topological polar surface area (TPSA) is 22.4 Å². The quantitative estimate of drug-likeness (QED) is 0.535. The monoisotopic (exact) mass is 234 g/mol. The second kappa shape index (κ2) is 7.21. The van der Waals surface area contributed by atoms with Crippen LogP contribution in [0, 0.1) is 6.92 Å². The van der Waals surface area contributed by atoms with Gasteiger partial charge >= 0.3 is 0 Å². The van der Waals surface area contributed by atoms with E-state index < -0.39 is 0 Å². The van der Waals surface area contributed by atoms with Crippen molar-refractivity contribution in [2.75, 3.05) is 24.8 Å². The van der Waals surface area contributed by atoms with Gasteiger partial charge in [-0.25, -0.2) is 0 Å². The van der Waals surface area contributed by atoms with Crippen LogP contribution >= 0.6 is 23.4 Å². The average Bonchev–Trinajstić information content (AvgIpc) is 2.58. The Morgan fingerprint density at radius 1 is 1.50 bits per heavy atom. The van der Waals surface area contributed by atoms with Crippen LogP contribution in [0.3, 0.4) is 0 Å². The van der Waals surface area contributed by atoms with Crippen molar-refractivity contribution < 1.29 is 9.15 Å². The Balaban J connectivity index is 2.02. The van der Waals surface area contributed by atoms with Crippen LogP contribution in [0.15, 0.2) is 16.7 Å². The van der Waals surface area contributed by atoms with Gasteiger partial charge in [0.15, 0.2) is 0 Å². The van der Waals surface area contributed by atoms with Crippen molar-refractivity contribution in [3.05, 3.63) is 23.7 Å². The summed E-state index contributed by atoms with van der Waals surface area (Å²) in [7, 11) is 0. The molecule has 0 aromatic carbocycles. The third-order valence-corrected chi connectivity index (χ3v) is 2.87. The number of hydrogen-bond acceptors (Lipinski definition) is 3. The van der Waals surface area contributed by atoms with E-state index in [1.807, 2.05) is 17.8 Å². The molecule has 1 aromatic rings. The minimum Gasteiger partial charge on any atom is -0.468 e. The second-order valence-electron chi connectivity index (χ2n) is 2.88. The molecule has 4 heteroatoms. The Morgan fingerprint density at radius 2 is 2.36 bits per heavy atom. The molecule has 0 radical (unpaired) electrons. The van der Waals surface area contributed by atoms with Gasteiger partial charge in [0.25, 0.3) is 0 Å². The number of ether oxygens (including phenoxy) is 1. The zero-order valence-electron chi connectivity index (χ0n) is 8.29. The van der Waals surface area contributed by atoms with Crippen molar-refractivity contribution in [2.24, 2.45) is 0 Å². The van der Waals surface area contributed by atoms with Crippen molar-refractivity contribution in [3.63, 3.8) is 0 Å². The highest BCUT2D eigenvalue weighted by Crippen LogP contribution is 2.16. The van der Waals surface area contributed by atoms with Crippen LogP contribution < -0.4 is 0 Å². The molecule has 1 rings (SSSR count). The van der Waals surface area contributed by atoms with Gasteiger partial charge < -0.3 is 9.15 Å². The molecule has 1 heterocycles. The van der Waals surface area contributed by atoms with Crippen LogP contribution in [0.5, 0.6) is 0 Å². The SMILES string of the molecule is Cc1ccoc1CSCCOCCCl. The van der Waals surface area contributed by atoms with E-state index >= 15 is 0 Å². The first-order valence-electron chi connectivity index (χ1n) is 4.59. The second-order valence-corrected chi connectivity index (χ2v) is 4.36. The average molecular weight is 235 g/mol. The predicted molar refractivity (Wildman–Crippen MR) is 61.1 cm³/mol. The highest BCUT2D eigenvalue weighted by molar-refractivity contribution is 7.98. The Labute approximate surface area is 94.0 Å². The maximum absolute atomic E-state index is 5.47. The van der Waals surface area contributed by atoms with Gasteiger partial charge in [-0.2, -0.15) is 11.8 Å². The van der Waals surface area contributed by atoms with E-state index in [1.165, 1.54) is 5.56 Å². The van der Waals surface area contributed by atoms with Gasteiger partial charge in [-0.05, 0) is 18.6 Å². The lowest BCUT2D eigenvalue weighted by Gasteiger charge is -2.01. The smallest absolute Gasteiger partial charge is 0.116 e. The van der Waals surface area contributed by atoms with Crippen molar-refractivity contribution in [3.8, 4) is 0 Å². The number of alkyl halides is 1. The molecule has 0 amide bonds. The molecular weight excluding hydrogens is 220 g/mol. The van der Waals surface area contributed by atoms with E-state index in [2.05, 4.69) is 6.92 Å². The third kappa shape index (κ3) is 4.40. The van der Waals surface area contributed by atoms with Crippen LogP contribution in [-0.2, 0) is 10.5 Å². The third-order valence-electron chi connectivity index (χ3n) is 1.79. The standard InChI is InChI=1S/C10H15ClO2S/c1-9-2-4-13-10(9)8-14-7-6-12-5-3-11/h2,4H,3,5-8H2,1H3. The number of furan rings is 1. The number of rotatable bonds is 7. The van der Waals surface area contributed by atoms with Crippen LogP contribution in [0.4, 0.5) is 0 Å². The highest BCUT2D eigenvalue weighted by atomic mass is 35.5. The molecule has 0 aliphatic heterocycles. The van der Waals surface area contributed by atoms with E-state index in [-0.39, 0.29) is 0 Å². The van der Waals surface area contributed by atoms with Gasteiger partial charge in [0, 0.05) is 11.6 Å². The van der Waals surface area contributed by atoms with Crippen molar-refractivity contribution in [1.29, 1.82) is 0 Å². The molecule has 0 saturated carbocycles. The lowest BCUT2D eigenvalue weighted by atomic mass is 10.3. The molecule has 80 valence electrons. The van der Waals surface area contributed by atoms with Crippen molar-refractivity contribution >= 4 is 23.4 Å². The lowest BCUT2D eigenvalue weighted by molar-refractivity contribution is 0.166. The Hall–Kier alpha value is -0.120. The first kappa shape index (κ1) is 12.0. The summed E-state index contributed by atoms with van der Waals surface area (Å²) in [4.78, 5) is 0. The Kier molecular flexibility index (Phi) is 6.15. The number of thioether (sulfide) groups is 1. The summed E-state index contributed by atoms with van der Waals surface area (Å²) in [5.74, 6) is 3.54. The van der Waals surface area contributed by atoms with E-state index in [1.54, 1.807) is 6.26 Å². The summed E-state index contributed by atoms with van der Waals surface area (Å²) in [5, 5.41) is 0. The number of hydrogen-bond donors (Lipinski definition) is 0. The molecule has 0 aliphatic carbocycles. The van der Waals surface area contributed by atoms with Crippen LogP contribution in [-0.4, -0.2) is 24.8 Å². The fourth-order valence-electron chi connectivity index (χ4n) is 0.991. The minimum atomic E-state index is 0.571. The molecule has 0 fully saturated rings. The molecule has 0 N–H and O–H groups in total. The zero-order chi connectivity index (χ0) is 10.2. The Morgan fingerprint density at radius 3 is 3.00 bits per heavy atom. The highest BCUT2D eigenvalue weighted by Gasteiger charge is 2.00. The van der Waals surface area contributed by atoms with Gasteiger partial charge in [-0.15, -0.1) is 11.6 Å². The molecule has 0 bridgehead atoms. The molecule has 0 aliphatic rings. The molecule has 14 heavy (non-hydrogen) atoms. The first-order chi connectivity index (χ1) is 6.84. The maximum atomic E-state index is 5.47. The van der Waals surface area contributed by atoms with Crippen molar-refractivity contribution in [1.82, 2.24) is 0 Å². The van der Waals surface area contributed by atoms with Crippen molar-refractivity contribution in [2.45, 2.75) is 12.7 Å². The lowest BCUT2D eigenvalue weighted by Crippen LogP contribution is -2.00. The fraction of sp³-hybridized carbons (Fsp3) is 0.600. The maximum Gasteiger partial charge on any atom is 0.116 e. The zero-order valence-corrected chi connectivity index (χ0v) is 9.87. The molecular formula is C10H15ClO2S. The number of halogens is 1. The summed E-state index contributed by atoms with van der Waals surface area (Å²) >= 11 is 7.28. The minimum absolute atomic E-state index is 0.571. The largest absolute Gasteiger partial charge is 0.468 e. The summed E-state index contributed by atoms with van der Waals surface area (Å²) in [5.41, 5.74) is 1.22. The fourth-order valence-corrected chi connectivity index (χ4v) is 1.96. The van der Waals surface area contributed by atoms with E-state index in [0.717, 1.165) is 23.9 Å². The molecule has 0 saturated heterocycles. The van der Waals surface area contributed by atoms with E-state index in [0.29, 0.717) is 12.5 Å². The van der Waals surface area contributed by atoms with Gasteiger partial charge in [0.1, 0.15) is 5.76 Å². The van der Waals surface area contributed by atoms with Gasteiger partial charge in [0.05, 0.1) is 25.2 Å². The van der Waals surface area contributed by atoms with Crippen LogP contribution in [0.2, 0.25) is 0 Å². The number of aryl methyl sites for hydroxylation is 1. The Bertz CT molecular complexity index is 250. The van der Waals surface area contributed by atoms with Gasteiger partial charge in [0.2, 0.25) is 0 Å². The normalized spacial score (nSPS) is 10.7. The predicted octanol–water partition coefficient (Wildman–Crippen LogP) is 3.08. The summed E-state index contributed by atoms with van der Waals surface area (Å²) in [6.07, 6.45) is 1.73.